The van der Waals surface area contributed by atoms with Gasteiger partial charge in [-0.1, -0.05) is 37.3 Å². The van der Waals surface area contributed by atoms with Crippen LogP contribution in [0.15, 0.2) is 64.2 Å². The molecule has 4 N–H and O–H groups in total. The summed E-state index contributed by atoms with van der Waals surface area (Å²) in [5, 5.41) is 2.88. The average Bonchev–Trinajstić information content (AvgIpc) is 2.81. The zero-order chi connectivity index (χ0) is 24.8. The number of benzene rings is 2. The summed E-state index contributed by atoms with van der Waals surface area (Å²) < 4.78 is 1.21. The van der Waals surface area contributed by atoms with E-state index in [2.05, 4.69) is 10.3 Å². The molecule has 1 aromatic heterocycles. The number of Topliss-reactive ketones (excluding diaryl/α,β-unsaturated/α-hetero) is 1. The largest absolute Gasteiger partial charge is 0.384 e. The van der Waals surface area contributed by atoms with Gasteiger partial charge in [-0.2, -0.15) is 0 Å². The minimum absolute atomic E-state index is 0.0840. The van der Waals surface area contributed by atoms with Crippen molar-refractivity contribution in [3.8, 4) is 0 Å². The van der Waals surface area contributed by atoms with Gasteiger partial charge in [-0.25, -0.2) is 4.79 Å². The molecule has 0 radical (unpaired) electrons. The maximum Gasteiger partial charge on any atom is 0.329 e. The third kappa shape index (κ3) is 5.49. The van der Waals surface area contributed by atoms with E-state index in [4.69, 9.17) is 5.73 Å². The predicted octanol–water partition coefficient (Wildman–Crippen LogP) is 2.66. The Labute approximate surface area is 197 Å². The lowest BCUT2D eigenvalue weighted by Gasteiger charge is -2.25. The highest BCUT2D eigenvalue weighted by Crippen LogP contribution is 2.23. The van der Waals surface area contributed by atoms with Gasteiger partial charge in [-0.05, 0) is 50.2 Å². The summed E-state index contributed by atoms with van der Waals surface area (Å²) in [5.41, 5.74) is 6.44. The van der Waals surface area contributed by atoms with E-state index in [0.29, 0.717) is 24.2 Å². The number of likely N-dealkylation sites (N-methyl/N-ethyl adjacent to an activating group) is 1. The number of aromatic nitrogens is 2. The Balaban J connectivity index is 1.76. The number of nitrogens with two attached hydrogens (primary N) is 1. The van der Waals surface area contributed by atoms with Crippen molar-refractivity contribution in [2.45, 2.75) is 32.9 Å². The second-order valence-corrected chi connectivity index (χ2v) is 8.13. The lowest BCUT2D eigenvalue weighted by Crippen LogP contribution is -2.39. The standard InChI is InChI=1S/C25H29N5O4/c1-4-13-30-22(26)21(24(33)28-25(30)34)20(31)15-29(3)16(2)18-11-8-12-19(14-18)27-23(32)17-9-6-5-7-10-17/h5-12,14,16H,4,13,15,26H2,1-3H3,(H,27,32)(H,28,33,34)/t16-/m1/s1. The number of anilines is 2. The summed E-state index contributed by atoms with van der Waals surface area (Å²) in [7, 11) is 1.75. The minimum atomic E-state index is -0.786. The van der Waals surface area contributed by atoms with Crippen LogP contribution >= 0.6 is 0 Å². The zero-order valence-electron chi connectivity index (χ0n) is 19.5. The molecule has 1 amide bonds. The Morgan fingerprint density at radius 3 is 2.50 bits per heavy atom. The zero-order valence-corrected chi connectivity index (χ0v) is 19.5. The molecule has 178 valence electrons. The van der Waals surface area contributed by atoms with Crippen molar-refractivity contribution in [3.05, 3.63) is 92.1 Å². The fourth-order valence-electron chi connectivity index (χ4n) is 3.67. The van der Waals surface area contributed by atoms with Crippen molar-refractivity contribution in [1.29, 1.82) is 0 Å². The van der Waals surface area contributed by atoms with E-state index in [1.54, 1.807) is 42.3 Å². The average molecular weight is 464 g/mol. The molecule has 0 aliphatic heterocycles. The molecule has 3 aromatic rings. The molecule has 1 atom stereocenters. The summed E-state index contributed by atoms with van der Waals surface area (Å²) in [6.45, 7) is 4.00. The highest BCUT2D eigenvalue weighted by molar-refractivity contribution is 6.04. The van der Waals surface area contributed by atoms with E-state index in [1.165, 1.54) is 4.57 Å². The molecule has 0 spiro atoms. The fraction of sp³-hybridized carbons (Fsp3) is 0.280. The van der Waals surface area contributed by atoms with Gasteiger partial charge in [0.05, 0.1) is 6.54 Å². The number of hydrogen-bond donors (Lipinski definition) is 3. The van der Waals surface area contributed by atoms with E-state index in [0.717, 1.165) is 5.56 Å². The molecular weight excluding hydrogens is 434 g/mol. The van der Waals surface area contributed by atoms with E-state index in [1.807, 2.05) is 38.1 Å². The molecule has 3 rings (SSSR count). The van der Waals surface area contributed by atoms with Crippen molar-refractivity contribution in [2.24, 2.45) is 0 Å². The summed E-state index contributed by atoms with van der Waals surface area (Å²) >= 11 is 0. The lowest BCUT2D eigenvalue weighted by atomic mass is 10.1. The molecule has 9 nitrogen and oxygen atoms in total. The topological polar surface area (TPSA) is 130 Å². The number of H-pyrrole nitrogens is 1. The summed E-state index contributed by atoms with van der Waals surface area (Å²) in [6.07, 6.45) is 0.623. The minimum Gasteiger partial charge on any atom is -0.384 e. The van der Waals surface area contributed by atoms with Crippen LogP contribution < -0.4 is 22.3 Å². The number of rotatable bonds is 9. The number of nitrogen functional groups attached to an aromatic ring is 1. The molecule has 2 aromatic carbocycles. The molecule has 0 bridgehead atoms. The van der Waals surface area contributed by atoms with Crippen molar-refractivity contribution in [2.75, 3.05) is 24.6 Å². The monoisotopic (exact) mass is 463 g/mol. The molecule has 0 unspecified atom stereocenters. The van der Waals surface area contributed by atoms with Crippen LogP contribution in [0.25, 0.3) is 0 Å². The van der Waals surface area contributed by atoms with Crippen LogP contribution in [0.5, 0.6) is 0 Å². The number of nitrogens with zero attached hydrogens (tertiary/aromatic N) is 2. The van der Waals surface area contributed by atoms with Crippen LogP contribution in [0.3, 0.4) is 0 Å². The molecule has 34 heavy (non-hydrogen) atoms. The van der Waals surface area contributed by atoms with Crippen molar-refractivity contribution >= 4 is 23.2 Å². The highest BCUT2D eigenvalue weighted by Gasteiger charge is 2.22. The van der Waals surface area contributed by atoms with Crippen molar-refractivity contribution in [3.63, 3.8) is 0 Å². The second kappa shape index (κ2) is 10.8. The molecule has 0 aliphatic rings. The number of nitrogens with one attached hydrogen (secondary N) is 2. The molecule has 1 heterocycles. The van der Waals surface area contributed by atoms with Crippen LogP contribution in [-0.2, 0) is 6.54 Å². The Morgan fingerprint density at radius 1 is 1.12 bits per heavy atom. The normalized spacial score (nSPS) is 11.9. The van der Waals surface area contributed by atoms with Gasteiger partial charge in [-0.15, -0.1) is 0 Å². The molecular formula is C25H29N5O4. The Morgan fingerprint density at radius 2 is 1.82 bits per heavy atom. The second-order valence-electron chi connectivity index (χ2n) is 8.13. The first-order valence-electron chi connectivity index (χ1n) is 11.0. The van der Waals surface area contributed by atoms with Gasteiger partial charge in [0.1, 0.15) is 11.4 Å². The Hall–Kier alpha value is -3.98. The third-order valence-electron chi connectivity index (χ3n) is 5.68. The Bertz CT molecular complexity index is 1300. The van der Waals surface area contributed by atoms with Gasteiger partial charge in [0.25, 0.3) is 11.5 Å². The van der Waals surface area contributed by atoms with Crippen LogP contribution in [0.4, 0.5) is 11.5 Å². The number of carbonyl (C=O) groups is 2. The smallest absolute Gasteiger partial charge is 0.329 e. The van der Waals surface area contributed by atoms with E-state index < -0.39 is 17.0 Å². The summed E-state index contributed by atoms with van der Waals surface area (Å²) in [5.74, 6) is -0.815. The number of ketones is 1. The van der Waals surface area contributed by atoms with Gasteiger partial charge >= 0.3 is 5.69 Å². The van der Waals surface area contributed by atoms with E-state index >= 15 is 0 Å². The Kier molecular flexibility index (Phi) is 7.80. The summed E-state index contributed by atoms with van der Waals surface area (Å²) in [6, 6.07) is 16.1. The first kappa shape index (κ1) is 24.7. The number of amides is 1. The lowest BCUT2D eigenvalue weighted by molar-refractivity contribution is 0.0923. The molecule has 0 aliphatic carbocycles. The van der Waals surface area contributed by atoms with Crippen LogP contribution in [0.1, 0.15) is 52.6 Å². The number of carbonyl (C=O) groups excluding carboxylic acids is 2. The van der Waals surface area contributed by atoms with Gasteiger partial charge < -0.3 is 11.1 Å². The van der Waals surface area contributed by atoms with Crippen LogP contribution in [0.2, 0.25) is 0 Å². The maximum absolute atomic E-state index is 13.0. The van der Waals surface area contributed by atoms with Gasteiger partial charge in [0, 0.05) is 23.8 Å². The van der Waals surface area contributed by atoms with Gasteiger partial charge in [0.15, 0.2) is 5.78 Å². The molecule has 0 fully saturated rings. The molecule has 0 saturated heterocycles. The molecule has 0 saturated carbocycles. The fourth-order valence-corrected chi connectivity index (χ4v) is 3.67. The van der Waals surface area contributed by atoms with Crippen LogP contribution in [-0.4, -0.2) is 39.7 Å². The highest BCUT2D eigenvalue weighted by atomic mass is 16.2. The third-order valence-corrected chi connectivity index (χ3v) is 5.68. The van der Waals surface area contributed by atoms with E-state index in [-0.39, 0.29) is 29.9 Å². The summed E-state index contributed by atoms with van der Waals surface area (Å²) in [4.78, 5) is 53.7. The quantitative estimate of drug-likeness (QED) is 0.418. The first-order chi connectivity index (χ1) is 16.2. The number of hydrogen-bond acceptors (Lipinski definition) is 6. The van der Waals surface area contributed by atoms with E-state index in [9.17, 15) is 19.2 Å². The van der Waals surface area contributed by atoms with Gasteiger partial charge in [0.2, 0.25) is 0 Å². The van der Waals surface area contributed by atoms with Gasteiger partial charge in [-0.3, -0.25) is 28.8 Å². The van der Waals surface area contributed by atoms with Crippen LogP contribution in [0, 0.1) is 0 Å². The number of aromatic amines is 1. The van der Waals surface area contributed by atoms with Crippen molar-refractivity contribution < 1.29 is 9.59 Å². The predicted molar refractivity (Wildman–Crippen MR) is 132 cm³/mol. The molecule has 9 heteroatoms. The SMILES string of the molecule is CCCn1c(N)c(C(=O)CN(C)[C@H](C)c2cccc(NC(=O)c3ccccc3)c2)c(=O)[nH]c1=O. The first-order valence-corrected chi connectivity index (χ1v) is 11.0. The maximum atomic E-state index is 13.0. The van der Waals surface area contributed by atoms with Crippen molar-refractivity contribution in [1.82, 2.24) is 14.5 Å².